The standard InChI is InChI=1S/C13H15NO3S/c15-12(14-7-3-4-8-14)9-18-11-6-2-1-5-10(11)13(16)17/h1-2,5-6H,3-4,7-9H2,(H,16,17). The number of thioether (sulfide) groups is 1. The molecule has 0 aromatic heterocycles. The van der Waals surface area contributed by atoms with Crippen LogP contribution in [0.25, 0.3) is 0 Å². The maximum atomic E-state index is 11.9. The van der Waals surface area contributed by atoms with E-state index >= 15 is 0 Å². The normalized spacial score (nSPS) is 14.8. The highest BCUT2D eigenvalue weighted by Crippen LogP contribution is 2.23. The second-order valence-electron chi connectivity index (χ2n) is 4.18. The number of carboxylic acids is 1. The minimum absolute atomic E-state index is 0.0951. The Morgan fingerprint density at radius 1 is 1.22 bits per heavy atom. The van der Waals surface area contributed by atoms with E-state index in [4.69, 9.17) is 5.11 Å². The Hall–Kier alpha value is -1.49. The van der Waals surface area contributed by atoms with Gasteiger partial charge in [0.05, 0.1) is 11.3 Å². The van der Waals surface area contributed by atoms with Gasteiger partial charge in [-0.15, -0.1) is 11.8 Å². The lowest BCUT2D eigenvalue weighted by molar-refractivity contribution is -0.127. The predicted molar refractivity (Wildman–Crippen MR) is 69.9 cm³/mol. The lowest BCUT2D eigenvalue weighted by Gasteiger charge is -2.15. The highest BCUT2D eigenvalue weighted by atomic mass is 32.2. The van der Waals surface area contributed by atoms with Gasteiger partial charge in [0.15, 0.2) is 0 Å². The van der Waals surface area contributed by atoms with Gasteiger partial charge in [-0.25, -0.2) is 4.79 Å². The lowest BCUT2D eigenvalue weighted by Crippen LogP contribution is -2.29. The first-order valence-electron chi connectivity index (χ1n) is 5.91. The predicted octanol–water partition coefficient (Wildman–Crippen LogP) is 2.10. The number of nitrogens with zero attached hydrogens (tertiary/aromatic N) is 1. The van der Waals surface area contributed by atoms with Gasteiger partial charge < -0.3 is 10.0 Å². The molecule has 0 unspecified atom stereocenters. The lowest BCUT2D eigenvalue weighted by atomic mass is 10.2. The number of carboxylic acid groups (broad SMARTS) is 1. The number of aromatic carboxylic acids is 1. The van der Waals surface area contributed by atoms with Crippen molar-refractivity contribution in [3.05, 3.63) is 29.8 Å². The van der Waals surface area contributed by atoms with Crippen LogP contribution < -0.4 is 0 Å². The maximum absolute atomic E-state index is 11.9. The molecule has 18 heavy (non-hydrogen) atoms. The molecule has 0 radical (unpaired) electrons. The van der Waals surface area contributed by atoms with Crippen molar-refractivity contribution < 1.29 is 14.7 Å². The van der Waals surface area contributed by atoms with Gasteiger partial charge in [-0.1, -0.05) is 12.1 Å². The zero-order valence-corrected chi connectivity index (χ0v) is 10.8. The van der Waals surface area contributed by atoms with Crippen LogP contribution in [0.5, 0.6) is 0 Å². The van der Waals surface area contributed by atoms with E-state index in [1.165, 1.54) is 11.8 Å². The van der Waals surface area contributed by atoms with Gasteiger partial charge in [-0.3, -0.25) is 4.79 Å². The molecule has 1 aliphatic rings. The number of benzene rings is 1. The second-order valence-corrected chi connectivity index (χ2v) is 5.20. The average Bonchev–Trinajstić information content (AvgIpc) is 2.90. The van der Waals surface area contributed by atoms with Crippen molar-refractivity contribution in [2.24, 2.45) is 0 Å². The van der Waals surface area contributed by atoms with Crippen LogP contribution in [0, 0.1) is 0 Å². The van der Waals surface area contributed by atoms with Crippen molar-refractivity contribution >= 4 is 23.6 Å². The summed E-state index contributed by atoms with van der Waals surface area (Å²) in [6, 6.07) is 6.78. The van der Waals surface area contributed by atoms with Gasteiger partial charge in [0.2, 0.25) is 5.91 Å². The summed E-state index contributed by atoms with van der Waals surface area (Å²) in [5, 5.41) is 9.03. The molecule has 1 amide bonds. The fourth-order valence-corrected chi connectivity index (χ4v) is 2.91. The summed E-state index contributed by atoms with van der Waals surface area (Å²) in [5.74, 6) is -0.547. The number of carbonyl (C=O) groups excluding carboxylic acids is 1. The van der Waals surface area contributed by atoms with Crippen molar-refractivity contribution in [3.63, 3.8) is 0 Å². The average molecular weight is 265 g/mol. The van der Waals surface area contributed by atoms with Crippen molar-refractivity contribution in [1.82, 2.24) is 4.90 Å². The van der Waals surface area contributed by atoms with Crippen molar-refractivity contribution in [2.75, 3.05) is 18.8 Å². The van der Waals surface area contributed by atoms with Gasteiger partial charge in [0.1, 0.15) is 0 Å². The Kier molecular flexibility index (Phi) is 4.25. The van der Waals surface area contributed by atoms with Gasteiger partial charge in [0.25, 0.3) is 0 Å². The zero-order valence-electron chi connectivity index (χ0n) is 9.96. The van der Waals surface area contributed by atoms with Crippen LogP contribution in [0.15, 0.2) is 29.2 Å². The molecule has 1 aliphatic heterocycles. The third-order valence-electron chi connectivity index (χ3n) is 2.93. The molecule has 1 heterocycles. The molecule has 1 aromatic rings. The second kappa shape index (κ2) is 5.91. The molecule has 5 heteroatoms. The third kappa shape index (κ3) is 3.04. The Bertz CT molecular complexity index is 455. The summed E-state index contributed by atoms with van der Waals surface area (Å²) >= 11 is 1.30. The van der Waals surface area contributed by atoms with E-state index < -0.39 is 5.97 Å². The highest BCUT2D eigenvalue weighted by molar-refractivity contribution is 8.00. The van der Waals surface area contributed by atoms with E-state index in [9.17, 15) is 9.59 Å². The minimum atomic E-state index is -0.952. The molecular weight excluding hydrogens is 250 g/mol. The van der Waals surface area contributed by atoms with E-state index in [2.05, 4.69) is 0 Å². The Morgan fingerprint density at radius 2 is 1.89 bits per heavy atom. The summed E-state index contributed by atoms with van der Waals surface area (Å²) < 4.78 is 0. The number of hydrogen-bond donors (Lipinski definition) is 1. The molecule has 0 atom stereocenters. The Balaban J connectivity index is 1.97. The number of rotatable bonds is 4. The van der Waals surface area contributed by atoms with Crippen LogP contribution >= 0.6 is 11.8 Å². The highest BCUT2D eigenvalue weighted by Gasteiger charge is 2.18. The monoisotopic (exact) mass is 265 g/mol. The summed E-state index contributed by atoms with van der Waals surface area (Å²) in [6.45, 7) is 1.67. The van der Waals surface area contributed by atoms with Crippen LogP contribution in [0.1, 0.15) is 23.2 Å². The van der Waals surface area contributed by atoms with E-state index in [0.29, 0.717) is 10.6 Å². The summed E-state index contributed by atoms with van der Waals surface area (Å²) in [5.41, 5.74) is 0.261. The van der Waals surface area contributed by atoms with E-state index in [1.807, 2.05) is 4.90 Å². The molecule has 0 bridgehead atoms. The minimum Gasteiger partial charge on any atom is -0.478 e. The number of hydrogen-bond acceptors (Lipinski definition) is 3. The van der Waals surface area contributed by atoms with Crippen LogP contribution in [0.4, 0.5) is 0 Å². The molecule has 0 aliphatic carbocycles. The van der Waals surface area contributed by atoms with Gasteiger partial charge >= 0.3 is 5.97 Å². The third-order valence-corrected chi connectivity index (χ3v) is 3.99. The van der Waals surface area contributed by atoms with E-state index in [0.717, 1.165) is 25.9 Å². The fourth-order valence-electron chi connectivity index (χ4n) is 1.97. The van der Waals surface area contributed by atoms with Crippen LogP contribution in [0.3, 0.4) is 0 Å². The largest absolute Gasteiger partial charge is 0.478 e. The first kappa shape index (κ1) is 13.0. The number of carbonyl (C=O) groups is 2. The Morgan fingerprint density at radius 3 is 2.56 bits per heavy atom. The van der Waals surface area contributed by atoms with E-state index in [-0.39, 0.29) is 11.5 Å². The molecule has 1 saturated heterocycles. The molecule has 2 rings (SSSR count). The molecule has 96 valence electrons. The molecular formula is C13H15NO3S. The van der Waals surface area contributed by atoms with Gasteiger partial charge in [-0.05, 0) is 25.0 Å². The van der Waals surface area contributed by atoms with Crippen molar-refractivity contribution in [3.8, 4) is 0 Å². The fraction of sp³-hybridized carbons (Fsp3) is 0.385. The van der Waals surface area contributed by atoms with Crippen molar-refractivity contribution in [1.29, 1.82) is 0 Å². The van der Waals surface area contributed by atoms with Gasteiger partial charge in [0, 0.05) is 18.0 Å². The number of likely N-dealkylation sites (tertiary alicyclic amines) is 1. The van der Waals surface area contributed by atoms with Crippen LogP contribution in [0.2, 0.25) is 0 Å². The number of amides is 1. The van der Waals surface area contributed by atoms with Crippen molar-refractivity contribution in [2.45, 2.75) is 17.7 Å². The first-order valence-corrected chi connectivity index (χ1v) is 6.90. The van der Waals surface area contributed by atoms with E-state index in [1.54, 1.807) is 24.3 Å². The SMILES string of the molecule is O=C(O)c1ccccc1SCC(=O)N1CCCC1. The molecule has 1 fully saturated rings. The molecule has 1 aromatic carbocycles. The molecule has 0 spiro atoms. The maximum Gasteiger partial charge on any atom is 0.336 e. The topological polar surface area (TPSA) is 57.6 Å². The Labute approximate surface area is 110 Å². The first-order chi connectivity index (χ1) is 8.68. The summed E-state index contributed by atoms with van der Waals surface area (Å²) in [4.78, 5) is 25.4. The van der Waals surface area contributed by atoms with Crippen LogP contribution in [-0.4, -0.2) is 40.7 Å². The molecule has 1 N–H and O–H groups in total. The van der Waals surface area contributed by atoms with Gasteiger partial charge in [-0.2, -0.15) is 0 Å². The van der Waals surface area contributed by atoms with Crippen LogP contribution in [-0.2, 0) is 4.79 Å². The molecule has 0 saturated carbocycles. The summed E-state index contributed by atoms with van der Waals surface area (Å²) in [6.07, 6.45) is 2.14. The summed E-state index contributed by atoms with van der Waals surface area (Å²) in [7, 11) is 0. The smallest absolute Gasteiger partial charge is 0.336 e. The zero-order chi connectivity index (χ0) is 13.0. The quantitative estimate of drug-likeness (QED) is 0.847. The molecule has 4 nitrogen and oxygen atoms in total.